The van der Waals surface area contributed by atoms with Crippen LogP contribution in [-0.2, 0) is 21.7 Å². The third-order valence-corrected chi connectivity index (χ3v) is 5.19. The Kier molecular flexibility index (Phi) is 3.91. The summed E-state index contributed by atoms with van der Waals surface area (Å²) in [6.45, 7) is 1.62. The molecule has 1 aliphatic carbocycles. The van der Waals surface area contributed by atoms with E-state index >= 15 is 0 Å². The van der Waals surface area contributed by atoms with Crippen LogP contribution in [0, 0.1) is 0 Å². The van der Waals surface area contributed by atoms with Crippen LogP contribution < -0.4 is 5.32 Å². The Morgan fingerprint density at radius 3 is 2.48 bits per heavy atom. The van der Waals surface area contributed by atoms with Crippen LogP contribution in [0.1, 0.15) is 28.4 Å². The van der Waals surface area contributed by atoms with Gasteiger partial charge in [0.2, 0.25) is 17.1 Å². The topological polar surface area (TPSA) is 95.9 Å². The van der Waals surface area contributed by atoms with E-state index in [1.54, 1.807) is 18.2 Å². The lowest BCUT2D eigenvalue weighted by molar-refractivity contribution is -0.146. The quantitative estimate of drug-likeness (QED) is 0.710. The molecule has 6 nitrogen and oxygen atoms in total. The minimum Gasteiger partial charge on any atom is -0.462 e. The van der Waals surface area contributed by atoms with E-state index in [4.69, 9.17) is 4.74 Å². The Hall–Kier alpha value is -2.96. The number of ether oxygens (including phenoxy) is 1. The van der Waals surface area contributed by atoms with Crippen molar-refractivity contribution >= 4 is 11.8 Å². The SMILES string of the molecule is CC1=C(C(=O)OCCc2ccccc2)[C@@]2(O)C(=O)c3ccccc3[C@@]2(O)N1. The molecular formula is C21H19NO5. The molecule has 1 heterocycles. The van der Waals surface area contributed by atoms with Gasteiger partial charge in [0.25, 0.3) is 0 Å². The molecule has 2 aromatic rings. The predicted molar refractivity (Wildman–Crippen MR) is 96.6 cm³/mol. The van der Waals surface area contributed by atoms with E-state index in [-0.39, 0.29) is 29.0 Å². The zero-order chi connectivity index (χ0) is 19.2. The number of esters is 1. The van der Waals surface area contributed by atoms with Gasteiger partial charge in [0.05, 0.1) is 6.61 Å². The number of fused-ring (bicyclic) bond motifs is 3. The van der Waals surface area contributed by atoms with Crippen molar-refractivity contribution in [2.45, 2.75) is 24.7 Å². The van der Waals surface area contributed by atoms with Gasteiger partial charge in [-0.2, -0.15) is 0 Å². The Bertz CT molecular complexity index is 968. The van der Waals surface area contributed by atoms with Crippen LogP contribution in [0.5, 0.6) is 0 Å². The van der Waals surface area contributed by atoms with Gasteiger partial charge in [0.1, 0.15) is 5.57 Å². The molecule has 2 atom stereocenters. The maximum Gasteiger partial charge on any atom is 0.339 e. The van der Waals surface area contributed by atoms with Gasteiger partial charge < -0.3 is 20.3 Å². The van der Waals surface area contributed by atoms with E-state index in [1.165, 1.54) is 13.0 Å². The first-order valence-electron chi connectivity index (χ1n) is 8.69. The summed E-state index contributed by atoms with van der Waals surface area (Å²) in [5.41, 5.74) is -3.11. The number of nitrogens with one attached hydrogen (secondary N) is 1. The summed E-state index contributed by atoms with van der Waals surface area (Å²) in [7, 11) is 0. The molecule has 3 N–H and O–H groups in total. The summed E-state index contributed by atoms with van der Waals surface area (Å²) in [6, 6.07) is 15.9. The van der Waals surface area contributed by atoms with Gasteiger partial charge >= 0.3 is 5.97 Å². The number of carbonyl (C=O) groups is 2. The van der Waals surface area contributed by atoms with Gasteiger partial charge in [0.15, 0.2) is 0 Å². The van der Waals surface area contributed by atoms with Crippen LogP contribution >= 0.6 is 0 Å². The second-order valence-corrected chi connectivity index (χ2v) is 6.79. The third-order valence-electron chi connectivity index (χ3n) is 5.19. The fourth-order valence-electron chi connectivity index (χ4n) is 3.89. The normalized spacial score (nSPS) is 25.8. The lowest BCUT2D eigenvalue weighted by Crippen LogP contribution is -2.56. The highest BCUT2D eigenvalue weighted by atomic mass is 16.5. The van der Waals surface area contributed by atoms with Crippen molar-refractivity contribution in [2.24, 2.45) is 0 Å². The number of benzene rings is 2. The van der Waals surface area contributed by atoms with Crippen molar-refractivity contribution < 1.29 is 24.5 Å². The molecule has 138 valence electrons. The molecule has 4 rings (SSSR count). The first-order valence-corrected chi connectivity index (χ1v) is 8.69. The molecule has 0 radical (unpaired) electrons. The molecule has 0 amide bonds. The van der Waals surface area contributed by atoms with Gasteiger partial charge in [-0.15, -0.1) is 0 Å². The molecule has 2 aliphatic rings. The van der Waals surface area contributed by atoms with Gasteiger partial charge in [-0.25, -0.2) is 4.79 Å². The van der Waals surface area contributed by atoms with Gasteiger partial charge in [-0.3, -0.25) is 4.79 Å². The average Bonchev–Trinajstić information content (AvgIpc) is 2.97. The average molecular weight is 365 g/mol. The molecule has 0 bridgehead atoms. The highest BCUT2D eigenvalue weighted by Gasteiger charge is 2.70. The molecule has 6 heteroatoms. The fraction of sp³-hybridized carbons (Fsp3) is 0.238. The van der Waals surface area contributed by atoms with Crippen molar-refractivity contribution in [1.29, 1.82) is 0 Å². The molecule has 0 unspecified atom stereocenters. The first-order chi connectivity index (χ1) is 12.9. The Labute approximate surface area is 156 Å². The number of allylic oxidation sites excluding steroid dienone is 1. The molecule has 0 saturated carbocycles. The standard InChI is InChI=1S/C21H19NO5/c1-13-17(19(24)27-12-11-14-7-3-2-4-8-14)20(25)18(23)15-9-5-6-10-16(15)21(20,26)22-13/h2-10,22,25-26H,11-12H2,1H3/t20-,21+/m1/s1. The number of aliphatic hydroxyl groups is 2. The monoisotopic (exact) mass is 365 g/mol. The van der Waals surface area contributed by atoms with Gasteiger partial charge in [-0.1, -0.05) is 54.6 Å². The molecule has 27 heavy (non-hydrogen) atoms. The van der Waals surface area contributed by atoms with Crippen molar-refractivity contribution in [1.82, 2.24) is 5.32 Å². The molecule has 0 spiro atoms. The summed E-state index contributed by atoms with van der Waals surface area (Å²) in [5, 5.41) is 25.0. The minimum atomic E-state index is -2.41. The first kappa shape index (κ1) is 17.5. The second-order valence-electron chi connectivity index (χ2n) is 6.79. The van der Waals surface area contributed by atoms with Crippen LogP contribution in [0.2, 0.25) is 0 Å². The largest absolute Gasteiger partial charge is 0.462 e. The van der Waals surface area contributed by atoms with Crippen LogP contribution in [-0.4, -0.2) is 34.2 Å². The number of rotatable bonds is 4. The summed E-state index contributed by atoms with van der Waals surface area (Å²) < 4.78 is 5.31. The Morgan fingerprint density at radius 2 is 1.74 bits per heavy atom. The molecule has 0 fully saturated rings. The minimum absolute atomic E-state index is 0.0925. The number of hydrogen-bond acceptors (Lipinski definition) is 6. The number of Topliss-reactive ketones (excluding diaryl/α,β-unsaturated/α-hetero) is 1. The fourth-order valence-corrected chi connectivity index (χ4v) is 3.89. The van der Waals surface area contributed by atoms with Crippen molar-refractivity contribution in [3.63, 3.8) is 0 Å². The lowest BCUT2D eigenvalue weighted by Gasteiger charge is -2.31. The lowest BCUT2D eigenvalue weighted by atomic mass is 9.85. The van der Waals surface area contributed by atoms with Crippen molar-refractivity contribution in [3.05, 3.63) is 82.6 Å². The maximum atomic E-state index is 12.9. The molecule has 2 aromatic carbocycles. The van der Waals surface area contributed by atoms with E-state index in [0.29, 0.717) is 6.42 Å². The smallest absolute Gasteiger partial charge is 0.339 e. The van der Waals surface area contributed by atoms with E-state index in [0.717, 1.165) is 5.56 Å². The van der Waals surface area contributed by atoms with Crippen molar-refractivity contribution in [2.75, 3.05) is 6.61 Å². The van der Waals surface area contributed by atoms with Crippen LogP contribution in [0.4, 0.5) is 0 Å². The van der Waals surface area contributed by atoms with Crippen molar-refractivity contribution in [3.8, 4) is 0 Å². The highest BCUT2D eigenvalue weighted by Crippen LogP contribution is 2.51. The Balaban J connectivity index is 1.59. The second kappa shape index (κ2) is 6.04. The van der Waals surface area contributed by atoms with Gasteiger partial charge in [0, 0.05) is 23.2 Å². The summed E-state index contributed by atoms with van der Waals surface area (Å²) >= 11 is 0. The third kappa shape index (κ3) is 2.34. The molecule has 0 aromatic heterocycles. The Morgan fingerprint density at radius 1 is 1.07 bits per heavy atom. The van der Waals surface area contributed by atoms with Crippen LogP contribution in [0.3, 0.4) is 0 Å². The van der Waals surface area contributed by atoms with E-state index in [2.05, 4.69) is 5.32 Å². The predicted octanol–water partition coefficient (Wildman–Crippen LogP) is 1.42. The van der Waals surface area contributed by atoms with E-state index < -0.39 is 23.1 Å². The summed E-state index contributed by atoms with van der Waals surface area (Å²) in [6.07, 6.45) is 0.503. The molecular weight excluding hydrogens is 346 g/mol. The molecule has 0 saturated heterocycles. The van der Waals surface area contributed by atoms with Gasteiger partial charge in [-0.05, 0) is 12.5 Å². The number of carbonyl (C=O) groups excluding carboxylic acids is 2. The van der Waals surface area contributed by atoms with E-state index in [1.807, 2.05) is 30.3 Å². The number of ketones is 1. The zero-order valence-corrected chi connectivity index (χ0v) is 14.7. The van der Waals surface area contributed by atoms with Crippen LogP contribution in [0.25, 0.3) is 0 Å². The summed E-state index contributed by atoms with van der Waals surface area (Å²) in [4.78, 5) is 25.6. The van der Waals surface area contributed by atoms with Crippen LogP contribution in [0.15, 0.2) is 65.9 Å². The summed E-state index contributed by atoms with van der Waals surface area (Å²) in [5.74, 6) is -1.55. The molecule has 1 aliphatic heterocycles. The maximum absolute atomic E-state index is 12.9. The zero-order valence-electron chi connectivity index (χ0n) is 14.7. The van der Waals surface area contributed by atoms with E-state index in [9.17, 15) is 19.8 Å². The number of hydrogen-bond donors (Lipinski definition) is 3. The highest BCUT2D eigenvalue weighted by molar-refractivity contribution is 6.16.